The molecule has 0 unspecified atom stereocenters. The summed E-state index contributed by atoms with van der Waals surface area (Å²) in [5.41, 5.74) is 0.895. The molecule has 9 heteroatoms. The van der Waals surface area contributed by atoms with Crippen molar-refractivity contribution in [2.45, 2.75) is 77.3 Å². The molecule has 1 aromatic carbocycles. The average molecular weight is 513 g/mol. The van der Waals surface area contributed by atoms with Crippen LogP contribution in [0.4, 0.5) is 4.79 Å². The van der Waals surface area contributed by atoms with Gasteiger partial charge < -0.3 is 24.8 Å². The summed E-state index contributed by atoms with van der Waals surface area (Å²) in [6, 6.07) is 12.2. The summed E-state index contributed by atoms with van der Waals surface area (Å²) in [4.78, 5) is 39.1. The first-order valence-electron chi connectivity index (χ1n) is 12.7. The van der Waals surface area contributed by atoms with Crippen molar-refractivity contribution in [1.82, 2.24) is 10.2 Å². The number of ether oxygens (including phenoxy) is 2. The summed E-state index contributed by atoms with van der Waals surface area (Å²) >= 11 is 0. The van der Waals surface area contributed by atoms with Crippen LogP contribution in [0.15, 0.2) is 54.9 Å². The second-order valence-corrected chi connectivity index (χ2v) is 10.4. The van der Waals surface area contributed by atoms with Crippen LogP contribution in [0.5, 0.6) is 0 Å². The lowest BCUT2D eigenvalue weighted by molar-refractivity contribution is -0.727. The lowest BCUT2D eigenvalue weighted by Crippen LogP contribution is -2.48. The number of carbonyl (C=O) groups excluding carboxylic acids is 2. The molecule has 2 N–H and O–H groups in total. The minimum Gasteiger partial charge on any atom is -0.480 e. The topological polar surface area (TPSA) is 109 Å². The molecule has 9 nitrogen and oxygen atoms in total. The SMILES string of the molecule is C[C@H](c1ccccc1)[C@H]1CCCCN1C(=O)OC[n+]1cccc(C(=O)N[C@@H](COC(C)(C)C)C(=O)O)c1. The molecule has 1 aliphatic rings. The number of rotatable bonds is 9. The number of aliphatic carboxylic acids is 1. The third kappa shape index (κ3) is 8.28. The number of piperidine rings is 1. The Morgan fingerprint density at radius 2 is 1.86 bits per heavy atom. The van der Waals surface area contributed by atoms with Crippen LogP contribution in [0.2, 0.25) is 0 Å². The van der Waals surface area contributed by atoms with Crippen LogP contribution >= 0.6 is 0 Å². The fraction of sp³-hybridized carbons (Fsp3) is 0.500. The van der Waals surface area contributed by atoms with Gasteiger partial charge in [-0.3, -0.25) is 4.79 Å². The maximum absolute atomic E-state index is 13.0. The van der Waals surface area contributed by atoms with E-state index in [2.05, 4.69) is 24.4 Å². The lowest BCUT2D eigenvalue weighted by atomic mass is 9.87. The number of pyridine rings is 1. The average Bonchev–Trinajstić information content (AvgIpc) is 2.89. The molecule has 1 aromatic heterocycles. The third-order valence-corrected chi connectivity index (χ3v) is 6.43. The monoisotopic (exact) mass is 512 g/mol. The Morgan fingerprint density at radius 1 is 1.14 bits per heavy atom. The molecular formula is C28H38N3O6+. The van der Waals surface area contributed by atoms with E-state index in [1.807, 2.05) is 43.9 Å². The highest BCUT2D eigenvalue weighted by atomic mass is 16.6. The van der Waals surface area contributed by atoms with Gasteiger partial charge in [0, 0.05) is 24.6 Å². The number of likely N-dealkylation sites (tertiary alicyclic amines) is 1. The minimum absolute atomic E-state index is 0.0500. The number of amides is 2. The molecule has 37 heavy (non-hydrogen) atoms. The maximum atomic E-state index is 13.0. The van der Waals surface area contributed by atoms with Crippen LogP contribution in [0.3, 0.4) is 0 Å². The van der Waals surface area contributed by atoms with E-state index in [0.717, 1.165) is 19.3 Å². The molecule has 1 saturated heterocycles. The normalized spacial score (nSPS) is 17.5. The summed E-state index contributed by atoms with van der Waals surface area (Å²) in [6.45, 7) is 7.98. The zero-order valence-corrected chi connectivity index (χ0v) is 22.1. The molecule has 0 radical (unpaired) electrons. The Labute approximate surface area is 218 Å². The molecule has 2 heterocycles. The molecule has 2 aromatic rings. The highest BCUT2D eigenvalue weighted by Gasteiger charge is 2.33. The molecule has 0 spiro atoms. The second kappa shape index (κ2) is 12.7. The van der Waals surface area contributed by atoms with E-state index in [9.17, 15) is 19.5 Å². The molecule has 1 aliphatic heterocycles. The predicted molar refractivity (Wildman–Crippen MR) is 137 cm³/mol. The number of hydrogen-bond acceptors (Lipinski definition) is 5. The Bertz CT molecular complexity index is 1070. The molecular weight excluding hydrogens is 474 g/mol. The van der Waals surface area contributed by atoms with Crippen molar-refractivity contribution >= 4 is 18.0 Å². The summed E-state index contributed by atoms with van der Waals surface area (Å²) in [5.74, 6) is -1.56. The van der Waals surface area contributed by atoms with Crippen molar-refractivity contribution < 1.29 is 33.5 Å². The molecule has 3 atom stereocenters. The predicted octanol–water partition coefficient (Wildman–Crippen LogP) is 3.72. The van der Waals surface area contributed by atoms with Gasteiger partial charge in [0.1, 0.15) is 5.56 Å². The largest absolute Gasteiger partial charge is 0.480 e. The first-order chi connectivity index (χ1) is 17.5. The number of carboxylic acid groups (broad SMARTS) is 1. The number of nitrogens with zero attached hydrogens (tertiary/aromatic N) is 2. The van der Waals surface area contributed by atoms with E-state index in [4.69, 9.17) is 9.47 Å². The van der Waals surface area contributed by atoms with E-state index < -0.39 is 23.5 Å². The maximum Gasteiger partial charge on any atom is 0.414 e. The van der Waals surface area contributed by atoms with Gasteiger partial charge in [-0.05, 0) is 51.7 Å². The fourth-order valence-corrected chi connectivity index (χ4v) is 4.38. The van der Waals surface area contributed by atoms with E-state index in [1.54, 1.807) is 22.9 Å². The van der Waals surface area contributed by atoms with Gasteiger partial charge in [0.2, 0.25) is 0 Å². The first kappa shape index (κ1) is 28.1. The fourth-order valence-electron chi connectivity index (χ4n) is 4.38. The second-order valence-electron chi connectivity index (χ2n) is 10.4. The van der Waals surface area contributed by atoms with Gasteiger partial charge in [-0.2, -0.15) is 4.57 Å². The van der Waals surface area contributed by atoms with Gasteiger partial charge in [0.15, 0.2) is 18.4 Å². The molecule has 200 valence electrons. The van der Waals surface area contributed by atoms with E-state index in [0.29, 0.717) is 6.54 Å². The van der Waals surface area contributed by atoms with Crippen molar-refractivity contribution in [1.29, 1.82) is 0 Å². The number of benzene rings is 1. The van der Waals surface area contributed by atoms with E-state index in [-0.39, 0.29) is 37.0 Å². The Morgan fingerprint density at radius 3 is 2.54 bits per heavy atom. The summed E-state index contributed by atoms with van der Waals surface area (Å²) < 4.78 is 12.7. The Kier molecular flexibility index (Phi) is 9.63. The number of nitrogens with one attached hydrogen (secondary N) is 1. The van der Waals surface area contributed by atoms with Crippen LogP contribution in [0.25, 0.3) is 0 Å². The third-order valence-electron chi connectivity index (χ3n) is 6.43. The highest BCUT2D eigenvalue weighted by Crippen LogP contribution is 2.30. The molecule has 2 amide bonds. The van der Waals surface area contributed by atoms with Crippen molar-refractivity contribution in [3.8, 4) is 0 Å². The van der Waals surface area contributed by atoms with Crippen LogP contribution in [0, 0.1) is 0 Å². The number of hydrogen-bond donors (Lipinski definition) is 2. The van der Waals surface area contributed by atoms with Gasteiger partial charge >= 0.3 is 12.1 Å². The van der Waals surface area contributed by atoms with Crippen molar-refractivity contribution in [3.63, 3.8) is 0 Å². The Hall–Kier alpha value is -3.46. The van der Waals surface area contributed by atoms with E-state index in [1.165, 1.54) is 11.8 Å². The van der Waals surface area contributed by atoms with Crippen molar-refractivity contribution in [3.05, 3.63) is 66.0 Å². The number of carbonyl (C=O) groups is 3. The van der Waals surface area contributed by atoms with Gasteiger partial charge in [0.05, 0.1) is 12.2 Å². The van der Waals surface area contributed by atoms with Crippen molar-refractivity contribution in [2.24, 2.45) is 0 Å². The van der Waals surface area contributed by atoms with Crippen LogP contribution < -0.4 is 9.88 Å². The highest BCUT2D eigenvalue weighted by molar-refractivity contribution is 5.96. The number of carboxylic acids is 1. The molecule has 0 saturated carbocycles. The van der Waals surface area contributed by atoms with Gasteiger partial charge in [-0.1, -0.05) is 37.3 Å². The molecule has 0 bridgehead atoms. The summed E-state index contributed by atoms with van der Waals surface area (Å²) in [6.07, 6.45) is 5.72. The smallest absolute Gasteiger partial charge is 0.414 e. The Balaban J connectivity index is 1.61. The van der Waals surface area contributed by atoms with Gasteiger partial charge in [0.25, 0.3) is 12.6 Å². The van der Waals surface area contributed by atoms with Crippen LogP contribution in [-0.2, 0) is 21.0 Å². The standard InChI is InChI=1S/C28H37N3O6/c1-20(21-11-6-5-7-12-21)24-14-8-9-16-31(24)27(35)36-19-30-15-10-13-22(17-30)25(32)29-23(26(33)34)18-37-28(2,3)4/h5-7,10-13,15,17,20,23-24H,8-9,14,16,18-19H2,1-4H3,(H-,29,32,33,34)/p+1/t20-,23+,24-/m1/s1. The first-order valence-corrected chi connectivity index (χ1v) is 12.7. The summed E-state index contributed by atoms with van der Waals surface area (Å²) in [7, 11) is 0. The minimum atomic E-state index is -1.19. The molecule has 1 fully saturated rings. The van der Waals surface area contributed by atoms with Gasteiger partial charge in [-0.15, -0.1) is 0 Å². The zero-order valence-electron chi connectivity index (χ0n) is 22.1. The van der Waals surface area contributed by atoms with Crippen LogP contribution in [-0.4, -0.2) is 58.8 Å². The molecule has 3 rings (SSSR count). The zero-order chi connectivity index (χ0) is 27.0. The lowest BCUT2D eigenvalue weighted by Gasteiger charge is -2.38. The quantitative estimate of drug-likeness (QED) is 0.496. The molecule has 0 aliphatic carbocycles. The van der Waals surface area contributed by atoms with Crippen molar-refractivity contribution in [2.75, 3.05) is 13.2 Å². The number of aromatic nitrogens is 1. The van der Waals surface area contributed by atoms with E-state index >= 15 is 0 Å². The van der Waals surface area contributed by atoms with Gasteiger partial charge in [-0.25, -0.2) is 9.59 Å². The van der Waals surface area contributed by atoms with Crippen LogP contribution in [0.1, 0.15) is 68.8 Å². The summed E-state index contributed by atoms with van der Waals surface area (Å²) in [5, 5.41) is 12.0.